The lowest BCUT2D eigenvalue weighted by molar-refractivity contribution is 0.476. The molecule has 3 heteroatoms. The highest BCUT2D eigenvalue weighted by Gasteiger charge is 2.35. The summed E-state index contributed by atoms with van der Waals surface area (Å²) in [6.45, 7) is 4.71. The van der Waals surface area contributed by atoms with Crippen molar-refractivity contribution in [2.75, 3.05) is 0 Å². The van der Waals surface area contributed by atoms with Crippen molar-refractivity contribution in [3.05, 3.63) is 169 Å². The molecular weight excluding hydrogens is 621 g/mol. The maximum atomic E-state index is 6.71. The molecule has 0 radical (unpaired) electrons. The Morgan fingerprint density at radius 1 is 0.490 bits per heavy atom. The third-order valence-electron chi connectivity index (χ3n) is 11.2. The average molecular weight is 653 g/mol. The zero-order valence-electron chi connectivity index (χ0n) is 28.3. The topological polar surface area (TPSA) is 27.1 Å². The first-order valence-corrected chi connectivity index (χ1v) is 17.6. The molecule has 1 aliphatic carbocycles. The van der Waals surface area contributed by atoms with Gasteiger partial charge in [0.1, 0.15) is 11.3 Å². The van der Waals surface area contributed by atoms with Gasteiger partial charge in [0.15, 0.2) is 11.5 Å². The lowest BCUT2D eigenvalue weighted by Crippen LogP contribution is -2.14. The van der Waals surface area contributed by atoms with Gasteiger partial charge in [-0.15, -0.1) is 0 Å². The van der Waals surface area contributed by atoms with Crippen molar-refractivity contribution in [1.29, 1.82) is 0 Å². The molecular formula is C48H32N2O. The monoisotopic (exact) mass is 652 g/mol. The first-order valence-electron chi connectivity index (χ1n) is 17.6. The van der Waals surface area contributed by atoms with Crippen molar-refractivity contribution in [3.8, 4) is 62.0 Å². The van der Waals surface area contributed by atoms with Gasteiger partial charge in [0.05, 0.1) is 11.2 Å². The van der Waals surface area contributed by atoms with E-state index < -0.39 is 0 Å². The Morgan fingerprint density at radius 3 is 1.82 bits per heavy atom. The van der Waals surface area contributed by atoms with Crippen LogP contribution in [0, 0.1) is 0 Å². The van der Waals surface area contributed by atoms with Crippen molar-refractivity contribution in [2.24, 2.45) is 0 Å². The normalized spacial score (nSPS) is 13.6. The lowest BCUT2D eigenvalue weighted by atomic mass is 9.80. The van der Waals surface area contributed by atoms with Gasteiger partial charge in [-0.3, -0.25) is 4.57 Å². The van der Waals surface area contributed by atoms with Crippen LogP contribution in [0.5, 0.6) is 11.5 Å². The van der Waals surface area contributed by atoms with Gasteiger partial charge in [-0.2, -0.15) is 0 Å². The van der Waals surface area contributed by atoms with Crippen molar-refractivity contribution >= 4 is 32.6 Å². The van der Waals surface area contributed by atoms with Gasteiger partial charge >= 0.3 is 0 Å². The summed E-state index contributed by atoms with van der Waals surface area (Å²) in [5.41, 5.74) is 14.2. The summed E-state index contributed by atoms with van der Waals surface area (Å²) in [5.74, 6) is 2.55. The molecule has 0 bridgehead atoms. The summed E-state index contributed by atoms with van der Waals surface area (Å²) < 4.78 is 8.97. The van der Waals surface area contributed by atoms with Crippen molar-refractivity contribution in [3.63, 3.8) is 0 Å². The number of hydrogen-bond acceptors (Lipinski definition) is 2. The Hall–Kier alpha value is -6.45. The highest BCUT2D eigenvalue weighted by molar-refractivity contribution is 6.21. The SMILES string of the molecule is CC1(C)c2ccccc2-c2ccc(-c3c4ccccc4c(-c4ccc5c(c4)Oc4cccc6nc(-c7ccccc7)n-5c46)c4ccccc34)cc21. The van der Waals surface area contributed by atoms with Crippen molar-refractivity contribution in [1.82, 2.24) is 9.55 Å². The Balaban J connectivity index is 1.13. The van der Waals surface area contributed by atoms with Crippen LogP contribution < -0.4 is 4.74 Å². The van der Waals surface area contributed by atoms with Crippen LogP contribution in [-0.2, 0) is 5.41 Å². The molecule has 0 atom stereocenters. The van der Waals surface area contributed by atoms with Gasteiger partial charge in [0.25, 0.3) is 0 Å². The molecule has 0 amide bonds. The Bertz CT molecular complexity index is 2860. The summed E-state index contributed by atoms with van der Waals surface area (Å²) in [6, 6.07) is 57.0. The van der Waals surface area contributed by atoms with E-state index >= 15 is 0 Å². The second-order valence-corrected chi connectivity index (χ2v) is 14.3. The van der Waals surface area contributed by atoms with E-state index in [9.17, 15) is 0 Å². The smallest absolute Gasteiger partial charge is 0.153 e. The molecule has 11 rings (SSSR count). The van der Waals surface area contributed by atoms with E-state index in [4.69, 9.17) is 9.72 Å². The Kier molecular flexibility index (Phi) is 5.73. The van der Waals surface area contributed by atoms with Crippen molar-refractivity contribution < 1.29 is 4.74 Å². The van der Waals surface area contributed by atoms with E-state index in [1.807, 2.05) is 18.2 Å². The minimum atomic E-state index is -0.0730. The van der Waals surface area contributed by atoms with E-state index in [0.29, 0.717) is 0 Å². The van der Waals surface area contributed by atoms with E-state index in [-0.39, 0.29) is 5.41 Å². The third-order valence-corrected chi connectivity index (χ3v) is 11.2. The number of para-hydroxylation sites is 1. The maximum Gasteiger partial charge on any atom is 0.153 e. The van der Waals surface area contributed by atoms with Crippen LogP contribution in [0.2, 0.25) is 0 Å². The Morgan fingerprint density at radius 2 is 1.10 bits per heavy atom. The highest BCUT2D eigenvalue weighted by Crippen LogP contribution is 2.52. The van der Waals surface area contributed by atoms with Crippen molar-refractivity contribution in [2.45, 2.75) is 19.3 Å². The van der Waals surface area contributed by atoms with Gasteiger partial charge < -0.3 is 4.74 Å². The molecule has 0 saturated heterocycles. The number of rotatable bonds is 3. The minimum absolute atomic E-state index is 0.0730. The number of hydrogen-bond donors (Lipinski definition) is 0. The zero-order valence-corrected chi connectivity index (χ0v) is 28.3. The summed E-state index contributed by atoms with van der Waals surface area (Å²) in [6.07, 6.45) is 0. The first kappa shape index (κ1) is 28.4. The van der Waals surface area contributed by atoms with Gasteiger partial charge in [-0.1, -0.05) is 141 Å². The molecule has 0 saturated carbocycles. The second kappa shape index (κ2) is 10.3. The summed E-state index contributed by atoms with van der Waals surface area (Å²) >= 11 is 0. The van der Waals surface area contributed by atoms with Crippen LogP contribution in [0.4, 0.5) is 0 Å². The average Bonchev–Trinajstić information content (AvgIpc) is 3.68. The van der Waals surface area contributed by atoms with Crippen LogP contribution in [0.15, 0.2) is 158 Å². The summed E-state index contributed by atoms with van der Waals surface area (Å²) in [7, 11) is 0. The fraction of sp³-hybridized carbons (Fsp3) is 0.0625. The van der Waals surface area contributed by atoms with E-state index in [1.165, 1.54) is 60.5 Å². The fourth-order valence-corrected chi connectivity index (χ4v) is 8.86. The van der Waals surface area contributed by atoms with E-state index in [0.717, 1.165) is 45.2 Å². The molecule has 2 heterocycles. The minimum Gasteiger partial charge on any atom is -0.453 e. The standard InChI is InChI=1S/C48H32N2O/c1-48(2)38-20-11-10-15-32(38)33-25-23-30(27-39(33)48)44-34-16-6-8-18-36(34)45(37-19-9-7-17-35(37)44)31-24-26-41-43(28-31)51-42-22-12-21-40-46(42)50(41)47(49-40)29-13-4-3-5-14-29/h3-28H,1-2H3. The number of aromatic nitrogens is 2. The third kappa shape index (κ3) is 3.92. The van der Waals surface area contributed by atoms with Crippen LogP contribution in [0.3, 0.4) is 0 Å². The summed E-state index contributed by atoms with van der Waals surface area (Å²) in [5, 5.41) is 4.93. The largest absolute Gasteiger partial charge is 0.453 e. The first-order chi connectivity index (χ1) is 25.1. The van der Waals surface area contributed by atoms with Crippen LogP contribution in [-0.4, -0.2) is 9.55 Å². The van der Waals surface area contributed by atoms with Gasteiger partial charge in [0.2, 0.25) is 0 Å². The highest BCUT2D eigenvalue weighted by atomic mass is 16.5. The van der Waals surface area contributed by atoms with Crippen LogP contribution in [0.1, 0.15) is 25.0 Å². The molecule has 240 valence electrons. The number of ether oxygens (including phenoxy) is 1. The molecule has 0 N–H and O–H groups in total. The second-order valence-electron chi connectivity index (χ2n) is 14.3. The quantitative estimate of drug-likeness (QED) is 0.178. The van der Waals surface area contributed by atoms with Gasteiger partial charge in [0, 0.05) is 11.0 Å². The molecule has 3 nitrogen and oxygen atoms in total. The predicted octanol–water partition coefficient (Wildman–Crippen LogP) is 12.7. The molecule has 1 aliphatic heterocycles. The molecule has 0 unspecified atom stereocenters. The van der Waals surface area contributed by atoms with E-state index in [1.54, 1.807) is 0 Å². The number of nitrogens with zero attached hydrogens (tertiary/aromatic N) is 2. The Labute approximate surface area is 296 Å². The van der Waals surface area contributed by atoms with Gasteiger partial charge in [-0.25, -0.2) is 4.98 Å². The number of imidazole rings is 1. The molecule has 0 spiro atoms. The predicted molar refractivity (Wildman–Crippen MR) is 210 cm³/mol. The summed E-state index contributed by atoms with van der Waals surface area (Å²) in [4.78, 5) is 5.08. The lowest BCUT2D eigenvalue weighted by Gasteiger charge is -2.24. The number of fused-ring (bicyclic) bond motifs is 7. The van der Waals surface area contributed by atoms with Gasteiger partial charge in [-0.05, 0) is 96.4 Å². The maximum absolute atomic E-state index is 6.71. The molecule has 51 heavy (non-hydrogen) atoms. The van der Waals surface area contributed by atoms with Crippen LogP contribution >= 0.6 is 0 Å². The molecule has 0 fully saturated rings. The molecule has 1 aromatic heterocycles. The molecule has 9 aromatic rings. The zero-order chi connectivity index (χ0) is 33.8. The van der Waals surface area contributed by atoms with Crippen LogP contribution in [0.25, 0.3) is 83.0 Å². The fourth-order valence-electron chi connectivity index (χ4n) is 8.86. The molecule has 8 aromatic carbocycles. The number of benzene rings is 8. The van der Waals surface area contributed by atoms with E-state index in [2.05, 4.69) is 158 Å². The molecule has 2 aliphatic rings.